The first-order valence-corrected chi connectivity index (χ1v) is 5.77. The van der Waals surface area contributed by atoms with Crippen LogP contribution in [0.1, 0.15) is 24.0 Å². The van der Waals surface area contributed by atoms with Crippen molar-refractivity contribution in [2.45, 2.75) is 26.9 Å². The molecule has 0 fully saturated rings. The maximum Gasteiger partial charge on any atom is 0.0952 e. The van der Waals surface area contributed by atoms with Crippen molar-refractivity contribution >= 4 is 0 Å². The minimum atomic E-state index is 0.716. The average molecular weight is 231 g/mol. The SMILES string of the molecule is CCNCc1cncn1Cc1cnc(C)cn1. The minimum absolute atomic E-state index is 0.716. The van der Waals surface area contributed by atoms with Crippen LogP contribution in [-0.2, 0) is 13.1 Å². The predicted octanol–water partition coefficient (Wildman–Crippen LogP) is 1.14. The van der Waals surface area contributed by atoms with E-state index in [4.69, 9.17) is 0 Å². The first-order valence-electron chi connectivity index (χ1n) is 5.77. The van der Waals surface area contributed by atoms with Gasteiger partial charge < -0.3 is 9.88 Å². The van der Waals surface area contributed by atoms with Gasteiger partial charge >= 0.3 is 0 Å². The normalized spacial score (nSPS) is 10.7. The first kappa shape index (κ1) is 11.7. The smallest absolute Gasteiger partial charge is 0.0952 e. The molecule has 0 saturated carbocycles. The molecule has 0 spiro atoms. The van der Waals surface area contributed by atoms with Gasteiger partial charge in [-0.05, 0) is 13.5 Å². The molecule has 0 radical (unpaired) electrons. The van der Waals surface area contributed by atoms with Gasteiger partial charge in [0, 0.05) is 18.9 Å². The van der Waals surface area contributed by atoms with Gasteiger partial charge in [-0.25, -0.2) is 4.98 Å². The fraction of sp³-hybridized carbons (Fsp3) is 0.417. The van der Waals surface area contributed by atoms with Crippen LogP contribution in [0.15, 0.2) is 24.9 Å². The van der Waals surface area contributed by atoms with Gasteiger partial charge in [-0.15, -0.1) is 0 Å². The Morgan fingerprint density at radius 2 is 2.12 bits per heavy atom. The molecular formula is C12H17N5. The van der Waals surface area contributed by atoms with Crippen LogP contribution >= 0.6 is 0 Å². The molecule has 0 saturated heterocycles. The van der Waals surface area contributed by atoms with Crippen molar-refractivity contribution in [3.05, 3.63) is 42.0 Å². The van der Waals surface area contributed by atoms with Gasteiger partial charge in [-0.1, -0.05) is 6.92 Å². The second kappa shape index (κ2) is 5.54. The lowest BCUT2D eigenvalue weighted by molar-refractivity contribution is 0.650. The van der Waals surface area contributed by atoms with Crippen LogP contribution in [0.5, 0.6) is 0 Å². The van der Waals surface area contributed by atoms with Crippen LogP contribution in [0, 0.1) is 6.92 Å². The fourth-order valence-electron chi connectivity index (χ4n) is 1.57. The van der Waals surface area contributed by atoms with Gasteiger partial charge in [-0.3, -0.25) is 9.97 Å². The molecule has 0 bridgehead atoms. The molecule has 17 heavy (non-hydrogen) atoms. The van der Waals surface area contributed by atoms with Crippen LogP contribution in [-0.4, -0.2) is 26.1 Å². The number of aromatic nitrogens is 4. The summed E-state index contributed by atoms with van der Waals surface area (Å²) in [4.78, 5) is 12.7. The van der Waals surface area contributed by atoms with E-state index < -0.39 is 0 Å². The summed E-state index contributed by atoms with van der Waals surface area (Å²) in [5.41, 5.74) is 3.05. The number of nitrogens with one attached hydrogen (secondary N) is 1. The van der Waals surface area contributed by atoms with Crippen molar-refractivity contribution in [3.63, 3.8) is 0 Å². The molecule has 0 atom stereocenters. The Morgan fingerprint density at radius 1 is 1.24 bits per heavy atom. The lowest BCUT2D eigenvalue weighted by Crippen LogP contribution is -2.15. The number of nitrogens with zero attached hydrogens (tertiary/aromatic N) is 4. The van der Waals surface area contributed by atoms with E-state index in [9.17, 15) is 0 Å². The third-order valence-corrected chi connectivity index (χ3v) is 2.52. The molecule has 0 aromatic carbocycles. The predicted molar refractivity (Wildman–Crippen MR) is 65.5 cm³/mol. The molecule has 5 heteroatoms. The number of imidazole rings is 1. The molecule has 5 nitrogen and oxygen atoms in total. The summed E-state index contributed by atoms with van der Waals surface area (Å²) in [7, 11) is 0. The second-order valence-corrected chi connectivity index (χ2v) is 3.94. The highest BCUT2D eigenvalue weighted by Crippen LogP contribution is 2.03. The Kier molecular flexibility index (Phi) is 3.82. The van der Waals surface area contributed by atoms with E-state index in [1.54, 1.807) is 6.20 Å². The molecule has 90 valence electrons. The molecular weight excluding hydrogens is 214 g/mol. The van der Waals surface area contributed by atoms with Crippen molar-refractivity contribution in [3.8, 4) is 0 Å². The average Bonchev–Trinajstić information content (AvgIpc) is 2.77. The topological polar surface area (TPSA) is 55.6 Å². The van der Waals surface area contributed by atoms with Crippen molar-refractivity contribution in [1.29, 1.82) is 0 Å². The molecule has 0 unspecified atom stereocenters. The quantitative estimate of drug-likeness (QED) is 0.838. The molecule has 2 aromatic heterocycles. The summed E-state index contributed by atoms with van der Waals surface area (Å²) in [6.45, 7) is 6.52. The monoisotopic (exact) mass is 231 g/mol. The Labute approximate surface area is 101 Å². The third kappa shape index (κ3) is 3.10. The standard InChI is InChI=1S/C12H17N5/c1-3-13-6-12-7-14-9-17(12)8-11-5-15-10(2)4-16-11/h4-5,7,9,13H,3,6,8H2,1-2H3. The number of aryl methyl sites for hydroxylation is 1. The van der Waals surface area contributed by atoms with E-state index in [1.165, 1.54) is 0 Å². The highest BCUT2D eigenvalue weighted by molar-refractivity contribution is 5.05. The van der Waals surface area contributed by atoms with Crippen molar-refractivity contribution in [2.75, 3.05) is 6.54 Å². The lowest BCUT2D eigenvalue weighted by atomic mass is 10.4. The summed E-state index contributed by atoms with van der Waals surface area (Å²) >= 11 is 0. The molecule has 0 aliphatic carbocycles. The van der Waals surface area contributed by atoms with Crippen LogP contribution < -0.4 is 5.32 Å². The van der Waals surface area contributed by atoms with Crippen LogP contribution in [0.3, 0.4) is 0 Å². The third-order valence-electron chi connectivity index (χ3n) is 2.52. The molecule has 0 amide bonds. The minimum Gasteiger partial charge on any atom is -0.327 e. The van der Waals surface area contributed by atoms with Gasteiger partial charge in [-0.2, -0.15) is 0 Å². The molecule has 1 N–H and O–H groups in total. The maximum atomic E-state index is 4.34. The van der Waals surface area contributed by atoms with Crippen molar-refractivity contribution in [1.82, 2.24) is 24.8 Å². The largest absolute Gasteiger partial charge is 0.327 e. The summed E-state index contributed by atoms with van der Waals surface area (Å²) in [5, 5.41) is 3.29. The van der Waals surface area contributed by atoms with Gasteiger partial charge in [0.25, 0.3) is 0 Å². The Morgan fingerprint density at radius 3 is 2.82 bits per heavy atom. The van der Waals surface area contributed by atoms with E-state index in [0.29, 0.717) is 6.54 Å². The highest BCUT2D eigenvalue weighted by atomic mass is 15.1. The van der Waals surface area contributed by atoms with Gasteiger partial charge in [0.1, 0.15) is 0 Å². The van der Waals surface area contributed by atoms with Crippen LogP contribution in [0.4, 0.5) is 0 Å². The van der Waals surface area contributed by atoms with Crippen molar-refractivity contribution < 1.29 is 0 Å². The van der Waals surface area contributed by atoms with E-state index in [-0.39, 0.29) is 0 Å². The first-order chi connectivity index (χ1) is 8.29. The number of hydrogen-bond acceptors (Lipinski definition) is 4. The zero-order chi connectivity index (χ0) is 12.1. The second-order valence-electron chi connectivity index (χ2n) is 3.94. The maximum absolute atomic E-state index is 4.34. The van der Waals surface area contributed by atoms with E-state index in [1.807, 2.05) is 25.6 Å². The van der Waals surface area contributed by atoms with Crippen LogP contribution in [0.25, 0.3) is 0 Å². The van der Waals surface area contributed by atoms with Gasteiger partial charge in [0.15, 0.2) is 0 Å². The molecule has 2 aromatic rings. The summed E-state index contributed by atoms with van der Waals surface area (Å²) in [5.74, 6) is 0. The summed E-state index contributed by atoms with van der Waals surface area (Å²) in [6.07, 6.45) is 7.31. The molecule has 0 aliphatic rings. The van der Waals surface area contributed by atoms with E-state index in [0.717, 1.165) is 30.2 Å². The fourth-order valence-corrected chi connectivity index (χ4v) is 1.57. The molecule has 0 aliphatic heterocycles. The van der Waals surface area contributed by atoms with Crippen LogP contribution in [0.2, 0.25) is 0 Å². The summed E-state index contributed by atoms with van der Waals surface area (Å²) in [6, 6.07) is 0. The van der Waals surface area contributed by atoms with Gasteiger partial charge in [0.2, 0.25) is 0 Å². The zero-order valence-electron chi connectivity index (χ0n) is 10.2. The highest BCUT2D eigenvalue weighted by Gasteiger charge is 2.03. The van der Waals surface area contributed by atoms with Gasteiger partial charge in [0.05, 0.1) is 36.2 Å². The Balaban J connectivity index is 2.07. The summed E-state index contributed by atoms with van der Waals surface area (Å²) < 4.78 is 2.09. The Bertz CT molecular complexity index is 460. The van der Waals surface area contributed by atoms with E-state index >= 15 is 0 Å². The molecule has 2 rings (SSSR count). The van der Waals surface area contributed by atoms with E-state index in [2.05, 4.69) is 31.8 Å². The number of hydrogen-bond donors (Lipinski definition) is 1. The number of rotatable bonds is 5. The lowest BCUT2D eigenvalue weighted by Gasteiger charge is -2.07. The molecule has 2 heterocycles. The zero-order valence-corrected chi connectivity index (χ0v) is 10.2. The van der Waals surface area contributed by atoms with Crippen molar-refractivity contribution in [2.24, 2.45) is 0 Å². The Hall–Kier alpha value is -1.75.